The summed E-state index contributed by atoms with van der Waals surface area (Å²) in [5.41, 5.74) is 0.913. The maximum Gasteiger partial charge on any atom is 0.336 e. The Morgan fingerprint density at radius 3 is 2.39 bits per heavy atom. The van der Waals surface area contributed by atoms with E-state index < -0.39 is 5.97 Å². The lowest BCUT2D eigenvalue weighted by atomic mass is 10.0. The van der Waals surface area contributed by atoms with Crippen LogP contribution in [-0.2, 0) is 0 Å². The predicted octanol–water partition coefficient (Wildman–Crippen LogP) is 2.12. The van der Waals surface area contributed by atoms with E-state index in [-0.39, 0.29) is 5.56 Å². The zero-order chi connectivity index (χ0) is 12.5. The molecule has 3 rings (SSSR count). The number of aromatic nitrogens is 3. The molecule has 88 valence electrons. The monoisotopic (exact) mass is 239 g/mol. The van der Waals surface area contributed by atoms with E-state index in [1.54, 1.807) is 30.6 Å². The first-order valence-electron chi connectivity index (χ1n) is 5.39. The van der Waals surface area contributed by atoms with Crippen molar-refractivity contribution in [1.29, 1.82) is 0 Å². The van der Waals surface area contributed by atoms with Gasteiger partial charge >= 0.3 is 5.97 Å². The molecule has 0 saturated carbocycles. The van der Waals surface area contributed by atoms with Crippen LogP contribution in [0.2, 0.25) is 0 Å². The highest BCUT2D eigenvalue weighted by atomic mass is 16.4. The fourth-order valence-corrected chi connectivity index (χ4v) is 2.01. The summed E-state index contributed by atoms with van der Waals surface area (Å²) in [6.45, 7) is 0. The van der Waals surface area contributed by atoms with Crippen LogP contribution in [0.25, 0.3) is 16.5 Å². The number of carbonyl (C=O) groups is 1. The van der Waals surface area contributed by atoms with Gasteiger partial charge in [-0.3, -0.25) is 0 Å². The third-order valence-electron chi connectivity index (χ3n) is 2.75. The Hall–Kier alpha value is -2.69. The zero-order valence-electron chi connectivity index (χ0n) is 9.32. The molecule has 1 heterocycles. The molecule has 0 aliphatic heterocycles. The summed E-state index contributed by atoms with van der Waals surface area (Å²) < 4.78 is 0. The average Bonchev–Trinajstić information content (AvgIpc) is 2.91. The van der Waals surface area contributed by atoms with Crippen molar-refractivity contribution in [3.05, 3.63) is 54.4 Å². The normalized spacial score (nSPS) is 10.7. The number of rotatable bonds is 2. The molecule has 5 nitrogen and oxygen atoms in total. The second kappa shape index (κ2) is 3.96. The van der Waals surface area contributed by atoms with E-state index in [1.807, 2.05) is 18.2 Å². The van der Waals surface area contributed by atoms with Gasteiger partial charge in [-0.2, -0.15) is 15.0 Å². The summed E-state index contributed by atoms with van der Waals surface area (Å²) >= 11 is 0. The summed E-state index contributed by atoms with van der Waals surface area (Å²) in [7, 11) is 0. The molecule has 0 bridgehead atoms. The Kier molecular flexibility index (Phi) is 2.30. The van der Waals surface area contributed by atoms with Gasteiger partial charge in [0, 0.05) is 5.39 Å². The van der Waals surface area contributed by atoms with Crippen molar-refractivity contribution in [1.82, 2.24) is 15.0 Å². The number of nitrogens with zero attached hydrogens (tertiary/aromatic N) is 3. The number of benzene rings is 2. The summed E-state index contributed by atoms with van der Waals surface area (Å²) in [5.74, 6) is -0.958. The van der Waals surface area contributed by atoms with Gasteiger partial charge in [0.25, 0.3) is 0 Å². The minimum atomic E-state index is -0.958. The summed E-state index contributed by atoms with van der Waals surface area (Å²) in [6.07, 6.45) is 3.12. The third-order valence-corrected chi connectivity index (χ3v) is 2.75. The molecule has 0 fully saturated rings. The molecule has 0 aliphatic carbocycles. The fraction of sp³-hybridized carbons (Fsp3) is 0. The van der Waals surface area contributed by atoms with Crippen LogP contribution in [0.15, 0.2) is 48.8 Å². The molecule has 5 heteroatoms. The molecule has 0 unspecified atom stereocenters. The SMILES string of the molecule is O=C(O)c1cccc2cccc(-n3nccn3)c12. The smallest absolute Gasteiger partial charge is 0.336 e. The molecule has 0 spiro atoms. The molecule has 0 amide bonds. The van der Waals surface area contributed by atoms with Gasteiger partial charge in [-0.05, 0) is 17.5 Å². The van der Waals surface area contributed by atoms with E-state index in [9.17, 15) is 9.90 Å². The van der Waals surface area contributed by atoms with Gasteiger partial charge in [0.1, 0.15) is 0 Å². The first-order chi connectivity index (χ1) is 8.77. The Morgan fingerprint density at radius 2 is 1.72 bits per heavy atom. The van der Waals surface area contributed by atoms with Crippen molar-refractivity contribution in [2.45, 2.75) is 0 Å². The van der Waals surface area contributed by atoms with Crippen LogP contribution in [0.3, 0.4) is 0 Å². The standard InChI is InChI=1S/C13H9N3O2/c17-13(18)10-5-1-3-9-4-2-6-11(12(9)10)16-14-7-8-15-16/h1-8H,(H,17,18). The van der Waals surface area contributed by atoms with Crippen LogP contribution in [0.5, 0.6) is 0 Å². The lowest BCUT2D eigenvalue weighted by Gasteiger charge is -2.08. The molecule has 0 saturated heterocycles. The number of hydrogen-bond donors (Lipinski definition) is 1. The van der Waals surface area contributed by atoms with Gasteiger partial charge in [0.15, 0.2) is 0 Å². The summed E-state index contributed by atoms with van der Waals surface area (Å²) in [5, 5.41) is 18.8. The van der Waals surface area contributed by atoms with Crippen molar-refractivity contribution in [3.63, 3.8) is 0 Å². The second-order valence-electron chi connectivity index (χ2n) is 3.80. The van der Waals surface area contributed by atoms with Crippen LogP contribution in [0.4, 0.5) is 0 Å². The third kappa shape index (κ3) is 1.53. The van der Waals surface area contributed by atoms with Crippen LogP contribution in [-0.4, -0.2) is 26.1 Å². The Balaban J connectivity index is 2.42. The van der Waals surface area contributed by atoms with E-state index in [0.29, 0.717) is 11.1 Å². The van der Waals surface area contributed by atoms with Crippen molar-refractivity contribution >= 4 is 16.7 Å². The van der Waals surface area contributed by atoms with Gasteiger partial charge in [-0.1, -0.05) is 24.3 Å². The molecular formula is C13H9N3O2. The van der Waals surface area contributed by atoms with E-state index in [2.05, 4.69) is 10.2 Å². The first kappa shape index (κ1) is 10.5. The van der Waals surface area contributed by atoms with Gasteiger partial charge < -0.3 is 5.11 Å². The molecule has 0 atom stereocenters. The van der Waals surface area contributed by atoms with Crippen molar-refractivity contribution in [2.24, 2.45) is 0 Å². The van der Waals surface area contributed by atoms with Crippen molar-refractivity contribution in [2.75, 3.05) is 0 Å². The number of fused-ring (bicyclic) bond motifs is 1. The molecule has 1 N–H and O–H groups in total. The number of hydrogen-bond acceptors (Lipinski definition) is 3. The fourth-order valence-electron chi connectivity index (χ4n) is 2.01. The highest BCUT2D eigenvalue weighted by Crippen LogP contribution is 2.25. The number of aromatic carboxylic acids is 1. The van der Waals surface area contributed by atoms with E-state index in [4.69, 9.17) is 0 Å². The Morgan fingerprint density at radius 1 is 1.06 bits per heavy atom. The highest BCUT2D eigenvalue weighted by molar-refractivity contribution is 6.07. The molecule has 3 aromatic rings. The molecule has 18 heavy (non-hydrogen) atoms. The van der Waals surface area contributed by atoms with E-state index in [0.717, 1.165) is 5.39 Å². The maximum atomic E-state index is 11.3. The van der Waals surface area contributed by atoms with Gasteiger partial charge in [0.2, 0.25) is 0 Å². The first-order valence-corrected chi connectivity index (χ1v) is 5.39. The minimum Gasteiger partial charge on any atom is -0.478 e. The molecular weight excluding hydrogens is 230 g/mol. The minimum absolute atomic E-state index is 0.250. The van der Waals surface area contributed by atoms with Crippen LogP contribution >= 0.6 is 0 Å². The van der Waals surface area contributed by atoms with Gasteiger partial charge in [0.05, 0.1) is 23.6 Å². The lowest BCUT2D eigenvalue weighted by Crippen LogP contribution is -2.04. The number of carboxylic acids is 1. The molecule has 1 aromatic heterocycles. The van der Waals surface area contributed by atoms with Crippen molar-refractivity contribution < 1.29 is 9.90 Å². The van der Waals surface area contributed by atoms with Crippen LogP contribution in [0, 0.1) is 0 Å². The lowest BCUT2D eigenvalue weighted by molar-refractivity contribution is 0.0699. The number of carboxylic acid groups (broad SMARTS) is 1. The maximum absolute atomic E-state index is 11.3. The highest BCUT2D eigenvalue weighted by Gasteiger charge is 2.13. The van der Waals surface area contributed by atoms with E-state index in [1.165, 1.54) is 4.80 Å². The Bertz CT molecular complexity index is 715. The zero-order valence-corrected chi connectivity index (χ0v) is 9.32. The largest absolute Gasteiger partial charge is 0.478 e. The summed E-state index contributed by atoms with van der Waals surface area (Å²) in [6, 6.07) is 10.7. The average molecular weight is 239 g/mol. The van der Waals surface area contributed by atoms with Gasteiger partial charge in [-0.15, -0.1) is 0 Å². The van der Waals surface area contributed by atoms with Crippen LogP contribution in [0.1, 0.15) is 10.4 Å². The molecule has 0 radical (unpaired) electrons. The predicted molar refractivity (Wildman–Crippen MR) is 65.8 cm³/mol. The summed E-state index contributed by atoms with van der Waals surface area (Å²) in [4.78, 5) is 12.7. The quantitative estimate of drug-likeness (QED) is 0.743. The molecule has 2 aromatic carbocycles. The van der Waals surface area contributed by atoms with Crippen LogP contribution < -0.4 is 0 Å². The molecule has 0 aliphatic rings. The topological polar surface area (TPSA) is 68.0 Å². The Labute approximate surface area is 102 Å². The van der Waals surface area contributed by atoms with Crippen molar-refractivity contribution in [3.8, 4) is 5.69 Å². The second-order valence-corrected chi connectivity index (χ2v) is 3.80. The van der Waals surface area contributed by atoms with E-state index >= 15 is 0 Å². The van der Waals surface area contributed by atoms with Gasteiger partial charge in [-0.25, -0.2) is 4.79 Å².